The normalized spacial score (nSPS) is 17.1. The summed E-state index contributed by atoms with van der Waals surface area (Å²) in [6, 6.07) is 9.80. The first-order chi connectivity index (χ1) is 15.0. The molecule has 8 heteroatoms. The molecule has 0 amide bonds. The summed E-state index contributed by atoms with van der Waals surface area (Å²) in [5.41, 5.74) is 4.45. The zero-order valence-electron chi connectivity index (χ0n) is 18.7. The van der Waals surface area contributed by atoms with Crippen LogP contribution in [0.25, 0.3) is 0 Å². The van der Waals surface area contributed by atoms with E-state index in [1.807, 2.05) is 47.7 Å². The minimum absolute atomic E-state index is 0.0232. The molecule has 3 aromatic rings. The van der Waals surface area contributed by atoms with E-state index in [2.05, 4.69) is 29.2 Å². The molecule has 0 saturated carbocycles. The van der Waals surface area contributed by atoms with Crippen LogP contribution in [0.1, 0.15) is 28.7 Å². The average molecular weight is 426 g/mol. The lowest BCUT2D eigenvalue weighted by Crippen LogP contribution is -2.38. The molecule has 1 atom stereocenters. The fourth-order valence-electron chi connectivity index (χ4n) is 3.96. The number of methoxy groups -OCH3 is 1. The van der Waals surface area contributed by atoms with Gasteiger partial charge in [0.05, 0.1) is 31.7 Å². The Bertz CT molecular complexity index is 1010. The van der Waals surface area contributed by atoms with Gasteiger partial charge in [0.25, 0.3) is 0 Å². The summed E-state index contributed by atoms with van der Waals surface area (Å²) in [6.07, 6.45) is 2.84. The third-order valence-electron chi connectivity index (χ3n) is 5.65. The Labute approximate surface area is 183 Å². The first-order valence-electron chi connectivity index (χ1n) is 10.6. The van der Waals surface area contributed by atoms with Gasteiger partial charge in [-0.1, -0.05) is 6.07 Å². The number of nitrogens with zero attached hydrogens (tertiary/aromatic N) is 5. The van der Waals surface area contributed by atoms with Crippen LogP contribution in [0.15, 0.2) is 36.5 Å². The summed E-state index contributed by atoms with van der Waals surface area (Å²) in [6.45, 7) is 5.96. The second-order valence-electron chi connectivity index (χ2n) is 7.97. The highest BCUT2D eigenvalue weighted by Gasteiger charge is 2.25. The van der Waals surface area contributed by atoms with Crippen molar-refractivity contribution < 1.29 is 14.2 Å². The maximum Gasteiger partial charge on any atom is 0.123 e. The molecule has 1 aliphatic heterocycles. The number of hydrogen-bond donors (Lipinski definition) is 0. The molecule has 4 rings (SSSR count). The summed E-state index contributed by atoms with van der Waals surface area (Å²) < 4.78 is 21.0. The highest BCUT2D eigenvalue weighted by Crippen LogP contribution is 2.24. The molecule has 0 aliphatic carbocycles. The number of morpholine rings is 1. The predicted octanol–water partition coefficient (Wildman–Crippen LogP) is 2.67. The third-order valence-corrected chi connectivity index (χ3v) is 5.65. The third kappa shape index (κ3) is 5.26. The average Bonchev–Trinajstić information content (AvgIpc) is 3.29. The van der Waals surface area contributed by atoms with Crippen LogP contribution in [-0.4, -0.2) is 57.9 Å². The maximum absolute atomic E-state index is 6.05. The van der Waals surface area contributed by atoms with Gasteiger partial charge in [0.1, 0.15) is 17.6 Å². The lowest BCUT2D eigenvalue weighted by Gasteiger charge is -2.31. The number of rotatable bonds is 8. The van der Waals surface area contributed by atoms with E-state index in [1.54, 1.807) is 7.11 Å². The number of ether oxygens (including phenoxy) is 3. The summed E-state index contributed by atoms with van der Waals surface area (Å²) >= 11 is 0. The first-order valence-corrected chi connectivity index (χ1v) is 10.6. The second kappa shape index (κ2) is 9.53. The van der Waals surface area contributed by atoms with Crippen molar-refractivity contribution in [2.75, 3.05) is 33.4 Å². The van der Waals surface area contributed by atoms with Gasteiger partial charge in [-0.25, -0.2) is 0 Å². The smallest absolute Gasteiger partial charge is 0.123 e. The number of benzene rings is 1. The van der Waals surface area contributed by atoms with Crippen molar-refractivity contribution in [2.24, 2.45) is 14.1 Å². The number of hydrogen-bond acceptors (Lipinski definition) is 6. The molecular weight excluding hydrogens is 394 g/mol. The van der Waals surface area contributed by atoms with Gasteiger partial charge in [-0.15, -0.1) is 0 Å². The molecule has 0 N–H and O–H groups in total. The molecule has 8 nitrogen and oxygen atoms in total. The lowest BCUT2D eigenvalue weighted by atomic mass is 10.1. The summed E-state index contributed by atoms with van der Waals surface area (Å²) in [7, 11) is 5.60. The second-order valence-corrected chi connectivity index (χ2v) is 7.97. The molecule has 31 heavy (non-hydrogen) atoms. The Hall–Kier alpha value is -2.84. The quantitative estimate of drug-likeness (QED) is 0.553. The molecule has 0 bridgehead atoms. The molecule has 1 saturated heterocycles. The van der Waals surface area contributed by atoms with Crippen LogP contribution >= 0.6 is 0 Å². The molecule has 1 aliphatic rings. The molecule has 1 aromatic carbocycles. The summed E-state index contributed by atoms with van der Waals surface area (Å²) in [5.74, 6) is 1.60. The van der Waals surface area contributed by atoms with Gasteiger partial charge in [-0.2, -0.15) is 10.2 Å². The van der Waals surface area contributed by atoms with Crippen LogP contribution in [0.4, 0.5) is 0 Å². The van der Waals surface area contributed by atoms with Crippen molar-refractivity contribution >= 4 is 0 Å². The maximum atomic E-state index is 6.05. The van der Waals surface area contributed by atoms with E-state index in [9.17, 15) is 0 Å². The Balaban J connectivity index is 1.34. The van der Waals surface area contributed by atoms with E-state index in [1.165, 1.54) is 5.56 Å². The number of aryl methyl sites for hydroxylation is 3. The van der Waals surface area contributed by atoms with Crippen LogP contribution < -0.4 is 9.47 Å². The van der Waals surface area contributed by atoms with Crippen molar-refractivity contribution in [3.8, 4) is 11.5 Å². The van der Waals surface area contributed by atoms with E-state index < -0.39 is 0 Å². The van der Waals surface area contributed by atoms with Crippen LogP contribution in [-0.2, 0) is 31.8 Å². The topological polar surface area (TPSA) is 66.6 Å². The van der Waals surface area contributed by atoms with Crippen LogP contribution in [0, 0.1) is 6.92 Å². The highest BCUT2D eigenvalue weighted by atomic mass is 16.5. The lowest BCUT2D eigenvalue weighted by molar-refractivity contribution is -0.0352. The van der Waals surface area contributed by atoms with Crippen molar-refractivity contribution in [3.63, 3.8) is 0 Å². The van der Waals surface area contributed by atoms with Crippen molar-refractivity contribution in [1.82, 2.24) is 24.5 Å². The fraction of sp³-hybridized carbons (Fsp3) is 0.478. The SMILES string of the molecule is COc1cccc(OCCc2cc(C3CN(Cc4cn(C)nc4C)CCO3)nn2C)c1. The Morgan fingerprint density at radius 3 is 2.77 bits per heavy atom. The fourth-order valence-corrected chi connectivity index (χ4v) is 3.96. The van der Waals surface area contributed by atoms with Crippen molar-refractivity contribution in [2.45, 2.75) is 26.0 Å². The van der Waals surface area contributed by atoms with Gasteiger partial charge >= 0.3 is 0 Å². The zero-order chi connectivity index (χ0) is 21.8. The first kappa shape index (κ1) is 21.4. The van der Waals surface area contributed by atoms with Crippen LogP contribution in [0.2, 0.25) is 0 Å². The summed E-state index contributed by atoms with van der Waals surface area (Å²) in [5, 5.41) is 9.18. The van der Waals surface area contributed by atoms with Crippen LogP contribution in [0.5, 0.6) is 11.5 Å². The van der Waals surface area contributed by atoms with Gasteiger partial charge in [0.2, 0.25) is 0 Å². The standard InChI is InChI=1S/C23H31N5O3/c1-17-18(14-26(2)24-17)15-28-9-11-31-23(16-28)22-12-19(27(3)25-22)8-10-30-21-7-5-6-20(13-21)29-4/h5-7,12-14,23H,8-11,15-16H2,1-4H3. The minimum Gasteiger partial charge on any atom is -0.497 e. The number of aromatic nitrogens is 4. The highest BCUT2D eigenvalue weighted by molar-refractivity contribution is 5.32. The molecule has 2 aromatic heterocycles. The largest absolute Gasteiger partial charge is 0.497 e. The van der Waals surface area contributed by atoms with Gasteiger partial charge in [-0.3, -0.25) is 14.3 Å². The zero-order valence-corrected chi connectivity index (χ0v) is 18.7. The monoisotopic (exact) mass is 425 g/mol. The molecule has 0 radical (unpaired) electrons. The van der Waals surface area contributed by atoms with Gasteiger partial charge in [0, 0.05) is 63.7 Å². The van der Waals surface area contributed by atoms with E-state index in [0.717, 1.165) is 54.6 Å². The van der Waals surface area contributed by atoms with Gasteiger partial charge in [-0.05, 0) is 25.1 Å². The Morgan fingerprint density at radius 2 is 2.00 bits per heavy atom. The molecular formula is C23H31N5O3. The van der Waals surface area contributed by atoms with Crippen molar-refractivity contribution in [1.29, 1.82) is 0 Å². The molecule has 1 fully saturated rings. The van der Waals surface area contributed by atoms with Gasteiger partial charge < -0.3 is 14.2 Å². The molecule has 0 spiro atoms. The Morgan fingerprint density at radius 1 is 1.16 bits per heavy atom. The van der Waals surface area contributed by atoms with Crippen LogP contribution in [0.3, 0.4) is 0 Å². The van der Waals surface area contributed by atoms with Crippen molar-refractivity contribution in [3.05, 3.63) is 59.2 Å². The van der Waals surface area contributed by atoms with E-state index in [4.69, 9.17) is 19.3 Å². The van der Waals surface area contributed by atoms with E-state index >= 15 is 0 Å². The minimum atomic E-state index is -0.0232. The van der Waals surface area contributed by atoms with Gasteiger partial charge in [0.15, 0.2) is 0 Å². The predicted molar refractivity (Wildman–Crippen MR) is 117 cm³/mol. The van der Waals surface area contributed by atoms with E-state index in [0.29, 0.717) is 13.2 Å². The molecule has 166 valence electrons. The molecule has 3 heterocycles. The summed E-state index contributed by atoms with van der Waals surface area (Å²) in [4.78, 5) is 2.42. The Kier molecular flexibility index (Phi) is 6.58. The van der Waals surface area contributed by atoms with E-state index in [-0.39, 0.29) is 6.10 Å². The molecule has 1 unspecified atom stereocenters.